The number of carbonyl (C=O) groups excluding carboxylic acids is 2. The largest absolute Gasteiger partial charge is 0.395 e. The van der Waals surface area contributed by atoms with Gasteiger partial charge < -0.3 is 10.4 Å². The van der Waals surface area contributed by atoms with Crippen LogP contribution in [0, 0.1) is 5.82 Å². The van der Waals surface area contributed by atoms with E-state index in [-0.39, 0.29) is 24.5 Å². The van der Waals surface area contributed by atoms with Crippen molar-refractivity contribution in [3.8, 4) is 5.69 Å². The number of anilines is 1. The second-order valence-corrected chi connectivity index (χ2v) is 5.40. The molecule has 2 aromatic rings. The van der Waals surface area contributed by atoms with Crippen molar-refractivity contribution < 1.29 is 19.1 Å². The van der Waals surface area contributed by atoms with Crippen molar-refractivity contribution in [2.24, 2.45) is 0 Å². The Morgan fingerprint density at radius 1 is 1.33 bits per heavy atom. The molecule has 0 radical (unpaired) electrons. The summed E-state index contributed by atoms with van der Waals surface area (Å²) in [7, 11) is 0. The molecular weight excluding hydrogens is 339 g/mol. The van der Waals surface area contributed by atoms with E-state index in [1.165, 1.54) is 35.3 Å². The third kappa shape index (κ3) is 3.01. The predicted octanol–water partition coefficient (Wildman–Crippen LogP) is 1.32. The number of hydrogen-bond donors (Lipinski definition) is 2. The SMILES string of the molecule is O=C1C=C(Nc2cc(F)ccc2-n2cc(Cl)cn2)C(=O)N1CCO. The van der Waals surface area contributed by atoms with Crippen LogP contribution in [0.5, 0.6) is 0 Å². The van der Waals surface area contributed by atoms with Crippen LogP contribution in [0.25, 0.3) is 5.69 Å². The smallest absolute Gasteiger partial charge is 0.277 e. The Hall–Kier alpha value is -2.71. The van der Waals surface area contributed by atoms with Crippen molar-refractivity contribution in [1.82, 2.24) is 14.7 Å². The molecule has 1 aromatic heterocycles. The third-order valence-electron chi connectivity index (χ3n) is 3.36. The molecule has 3 rings (SSSR count). The fourth-order valence-electron chi connectivity index (χ4n) is 2.30. The van der Waals surface area contributed by atoms with E-state index in [0.717, 1.165) is 11.0 Å². The Labute approximate surface area is 140 Å². The molecule has 0 saturated heterocycles. The number of halogens is 2. The zero-order chi connectivity index (χ0) is 17.3. The highest BCUT2D eigenvalue weighted by atomic mass is 35.5. The number of imide groups is 1. The number of rotatable bonds is 5. The van der Waals surface area contributed by atoms with E-state index < -0.39 is 17.6 Å². The highest BCUT2D eigenvalue weighted by Crippen LogP contribution is 2.25. The van der Waals surface area contributed by atoms with Crippen LogP contribution in [-0.2, 0) is 9.59 Å². The average molecular weight is 351 g/mol. The topological polar surface area (TPSA) is 87.5 Å². The highest BCUT2D eigenvalue weighted by Gasteiger charge is 2.31. The lowest BCUT2D eigenvalue weighted by atomic mass is 10.2. The van der Waals surface area contributed by atoms with Crippen LogP contribution in [0.4, 0.5) is 10.1 Å². The maximum atomic E-state index is 13.6. The van der Waals surface area contributed by atoms with Gasteiger partial charge in [-0.3, -0.25) is 14.5 Å². The number of nitrogens with zero attached hydrogens (tertiary/aromatic N) is 3. The maximum Gasteiger partial charge on any atom is 0.277 e. The van der Waals surface area contributed by atoms with Gasteiger partial charge in [0.2, 0.25) is 0 Å². The Kier molecular flexibility index (Phi) is 4.32. The molecule has 0 atom stereocenters. The first-order chi connectivity index (χ1) is 11.5. The predicted molar refractivity (Wildman–Crippen MR) is 84.0 cm³/mol. The molecule has 9 heteroatoms. The second kappa shape index (κ2) is 6.42. The van der Waals surface area contributed by atoms with Gasteiger partial charge in [0.25, 0.3) is 11.8 Å². The minimum atomic E-state index is -0.595. The van der Waals surface area contributed by atoms with Gasteiger partial charge in [-0.15, -0.1) is 0 Å². The summed E-state index contributed by atoms with van der Waals surface area (Å²) in [6, 6.07) is 3.89. The fourth-order valence-corrected chi connectivity index (χ4v) is 2.43. The number of carbonyl (C=O) groups is 2. The van der Waals surface area contributed by atoms with Crippen LogP contribution < -0.4 is 5.32 Å². The van der Waals surface area contributed by atoms with Crippen molar-refractivity contribution in [2.45, 2.75) is 0 Å². The van der Waals surface area contributed by atoms with Gasteiger partial charge in [0, 0.05) is 12.3 Å². The number of aliphatic hydroxyl groups is 1. The van der Waals surface area contributed by atoms with E-state index in [0.29, 0.717) is 10.7 Å². The van der Waals surface area contributed by atoms with E-state index in [1.807, 2.05) is 0 Å². The first-order valence-electron chi connectivity index (χ1n) is 6.95. The lowest BCUT2D eigenvalue weighted by Gasteiger charge is -2.15. The minimum Gasteiger partial charge on any atom is -0.395 e. The first kappa shape index (κ1) is 16.2. The van der Waals surface area contributed by atoms with Crippen LogP contribution in [0.2, 0.25) is 5.02 Å². The number of nitrogens with one attached hydrogen (secondary N) is 1. The molecular formula is C15H12ClFN4O3. The molecule has 0 fully saturated rings. The average Bonchev–Trinajstić information content (AvgIpc) is 3.07. The van der Waals surface area contributed by atoms with E-state index >= 15 is 0 Å². The van der Waals surface area contributed by atoms with Gasteiger partial charge in [-0.05, 0) is 18.2 Å². The summed E-state index contributed by atoms with van der Waals surface area (Å²) < 4.78 is 15.0. The number of benzene rings is 1. The maximum absolute atomic E-state index is 13.6. The normalized spacial score (nSPS) is 14.3. The van der Waals surface area contributed by atoms with Crippen LogP contribution in [0.15, 0.2) is 42.4 Å². The first-order valence-corrected chi connectivity index (χ1v) is 7.33. The number of aromatic nitrogens is 2. The summed E-state index contributed by atoms with van der Waals surface area (Å²) >= 11 is 5.84. The highest BCUT2D eigenvalue weighted by molar-refractivity contribution is 6.30. The Bertz CT molecular complexity index is 849. The van der Waals surface area contributed by atoms with Gasteiger partial charge in [-0.25, -0.2) is 9.07 Å². The van der Waals surface area contributed by atoms with Crippen molar-refractivity contribution in [1.29, 1.82) is 0 Å². The summed E-state index contributed by atoms with van der Waals surface area (Å²) in [6.07, 6.45) is 4.04. The molecule has 0 aliphatic carbocycles. The van der Waals surface area contributed by atoms with Gasteiger partial charge >= 0.3 is 0 Å². The Balaban J connectivity index is 1.93. The number of β-amino-alcohol motifs (C(OH)–C–C–N with tert-alkyl or cyclic N) is 1. The molecule has 1 aliphatic rings. The van der Waals surface area contributed by atoms with Gasteiger partial charge in [0.15, 0.2) is 0 Å². The summed E-state index contributed by atoms with van der Waals surface area (Å²) in [6.45, 7) is -0.445. The molecule has 0 bridgehead atoms. The molecule has 0 spiro atoms. The lowest BCUT2D eigenvalue weighted by Crippen LogP contribution is -2.34. The minimum absolute atomic E-state index is 0.0152. The summed E-state index contributed by atoms with van der Waals surface area (Å²) in [5.41, 5.74) is 0.677. The molecule has 0 unspecified atom stereocenters. The molecule has 2 heterocycles. The van der Waals surface area contributed by atoms with Crippen molar-refractivity contribution in [2.75, 3.05) is 18.5 Å². The monoisotopic (exact) mass is 350 g/mol. The van der Waals surface area contributed by atoms with Crippen LogP contribution in [0.1, 0.15) is 0 Å². The van der Waals surface area contributed by atoms with E-state index in [1.54, 1.807) is 0 Å². The Morgan fingerprint density at radius 2 is 2.12 bits per heavy atom. The molecule has 1 aliphatic heterocycles. The molecule has 0 saturated carbocycles. The van der Waals surface area contributed by atoms with E-state index in [4.69, 9.17) is 16.7 Å². The molecule has 2 amide bonds. The summed E-state index contributed by atoms with van der Waals surface area (Å²) in [5, 5.41) is 16.1. The summed E-state index contributed by atoms with van der Waals surface area (Å²) in [4.78, 5) is 24.8. The number of aliphatic hydroxyl groups excluding tert-OH is 1. The van der Waals surface area contributed by atoms with Crippen LogP contribution in [-0.4, -0.2) is 44.8 Å². The molecule has 124 valence electrons. The van der Waals surface area contributed by atoms with Crippen molar-refractivity contribution in [3.05, 3.63) is 53.2 Å². The fraction of sp³-hybridized carbons (Fsp3) is 0.133. The standard InChI is InChI=1S/C15H12ClFN4O3/c16-9-7-18-21(8-9)13-2-1-10(17)5-11(13)19-12-6-14(23)20(3-4-22)15(12)24/h1-2,5-8,19,22H,3-4H2. The van der Waals surface area contributed by atoms with Crippen molar-refractivity contribution >= 4 is 29.1 Å². The van der Waals surface area contributed by atoms with E-state index in [2.05, 4.69) is 10.4 Å². The van der Waals surface area contributed by atoms with Gasteiger partial charge in [-0.1, -0.05) is 11.6 Å². The second-order valence-electron chi connectivity index (χ2n) is 4.97. The van der Waals surface area contributed by atoms with Gasteiger partial charge in [0.1, 0.15) is 11.5 Å². The van der Waals surface area contributed by atoms with Crippen LogP contribution >= 0.6 is 11.6 Å². The van der Waals surface area contributed by atoms with Gasteiger partial charge in [0.05, 0.1) is 35.7 Å². The zero-order valence-electron chi connectivity index (χ0n) is 12.2. The molecule has 2 N–H and O–H groups in total. The quantitative estimate of drug-likeness (QED) is 0.794. The van der Waals surface area contributed by atoms with E-state index in [9.17, 15) is 14.0 Å². The van der Waals surface area contributed by atoms with Gasteiger partial charge in [-0.2, -0.15) is 5.10 Å². The Morgan fingerprint density at radius 3 is 2.79 bits per heavy atom. The third-order valence-corrected chi connectivity index (χ3v) is 3.55. The zero-order valence-corrected chi connectivity index (χ0v) is 13.0. The van der Waals surface area contributed by atoms with Crippen LogP contribution in [0.3, 0.4) is 0 Å². The van der Waals surface area contributed by atoms with Crippen molar-refractivity contribution in [3.63, 3.8) is 0 Å². The number of hydrogen-bond acceptors (Lipinski definition) is 5. The lowest BCUT2D eigenvalue weighted by molar-refractivity contribution is -0.137. The number of amides is 2. The molecule has 7 nitrogen and oxygen atoms in total. The molecule has 1 aromatic carbocycles. The summed E-state index contributed by atoms with van der Waals surface area (Å²) in [5.74, 6) is -1.66. The molecule has 24 heavy (non-hydrogen) atoms.